The molecule has 0 spiro atoms. The zero-order valence-electron chi connectivity index (χ0n) is 9.36. The molecule has 0 aromatic carbocycles. The highest BCUT2D eigenvalue weighted by Gasteiger charge is 2.28. The summed E-state index contributed by atoms with van der Waals surface area (Å²) in [6, 6.07) is 0.376. The molecule has 2 unspecified atom stereocenters. The van der Waals surface area contributed by atoms with Crippen LogP contribution in [0.2, 0.25) is 0 Å². The van der Waals surface area contributed by atoms with Crippen LogP contribution in [-0.4, -0.2) is 49.1 Å². The number of amides is 2. The molecule has 2 atom stereocenters. The van der Waals surface area contributed by atoms with Crippen LogP contribution in [0.15, 0.2) is 0 Å². The fraction of sp³-hybridized carbons (Fsp3) is 0.900. The number of carbonyl (C=O) groups is 1. The number of nitrogens with two attached hydrogens (primary N) is 1. The monoisotopic (exact) mass is 199 g/mol. The maximum atomic E-state index is 11.7. The van der Waals surface area contributed by atoms with Crippen LogP contribution in [0.5, 0.6) is 0 Å². The quantitative estimate of drug-likeness (QED) is 0.676. The summed E-state index contributed by atoms with van der Waals surface area (Å²) in [4.78, 5) is 15.2. The fourth-order valence-corrected chi connectivity index (χ4v) is 1.94. The third-order valence-electron chi connectivity index (χ3n) is 2.97. The molecule has 0 aliphatic carbocycles. The molecular formula is C10H21N3O. The SMILES string of the molecule is CCC1CN(C(=O)N(C)C)CCC1N. The van der Waals surface area contributed by atoms with Gasteiger partial charge in [-0.15, -0.1) is 0 Å². The van der Waals surface area contributed by atoms with Crippen molar-refractivity contribution in [2.75, 3.05) is 27.2 Å². The number of rotatable bonds is 1. The lowest BCUT2D eigenvalue weighted by Crippen LogP contribution is -2.51. The van der Waals surface area contributed by atoms with Crippen molar-refractivity contribution in [3.05, 3.63) is 0 Å². The first kappa shape index (κ1) is 11.3. The number of hydrogen-bond donors (Lipinski definition) is 1. The van der Waals surface area contributed by atoms with Crippen LogP contribution in [-0.2, 0) is 0 Å². The van der Waals surface area contributed by atoms with E-state index in [1.165, 1.54) is 0 Å². The number of likely N-dealkylation sites (tertiary alicyclic amines) is 1. The first-order chi connectivity index (χ1) is 6.56. The van der Waals surface area contributed by atoms with Crippen molar-refractivity contribution in [3.63, 3.8) is 0 Å². The van der Waals surface area contributed by atoms with E-state index in [0.29, 0.717) is 5.92 Å². The van der Waals surface area contributed by atoms with Crippen molar-refractivity contribution in [1.82, 2.24) is 9.80 Å². The topological polar surface area (TPSA) is 49.6 Å². The van der Waals surface area contributed by atoms with Crippen molar-refractivity contribution in [1.29, 1.82) is 0 Å². The molecule has 0 radical (unpaired) electrons. The van der Waals surface area contributed by atoms with Gasteiger partial charge < -0.3 is 15.5 Å². The smallest absolute Gasteiger partial charge is 0.319 e. The lowest BCUT2D eigenvalue weighted by atomic mass is 9.91. The van der Waals surface area contributed by atoms with Gasteiger partial charge in [0.2, 0.25) is 0 Å². The number of nitrogens with zero attached hydrogens (tertiary/aromatic N) is 2. The molecule has 1 aliphatic rings. The minimum absolute atomic E-state index is 0.107. The Balaban J connectivity index is 2.54. The van der Waals surface area contributed by atoms with E-state index in [4.69, 9.17) is 5.73 Å². The van der Waals surface area contributed by atoms with E-state index < -0.39 is 0 Å². The Labute approximate surface area is 86.0 Å². The van der Waals surface area contributed by atoms with Crippen LogP contribution >= 0.6 is 0 Å². The summed E-state index contributed by atoms with van der Waals surface area (Å²) in [6.45, 7) is 3.75. The summed E-state index contributed by atoms with van der Waals surface area (Å²) < 4.78 is 0. The van der Waals surface area contributed by atoms with Crippen molar-refractivity contribution in [3.8, 4) is 0 Å². The van der Waals surface area contributed by atoms with Crippen LogP contribution in [0.3, 0.4) is 0 Å². The van der Waals surface area contributed by atoms with Crippen LogP contribution in [0.1, 0.15) is 19.8 Å². The lowest BCUT2D eigenvalue weighted by Gasteiger charge is -2.37. The molecule has 1 heterocycles. The molecule has 0 bridgehead atoms. The van der Waals surface area contributed by atoms with Gasteiger partial charge in [-0.1, -0.05) is 13.3 Å². The molecule has 4 nitrogen and oxygen atoms in total. The first-order valence-corrected chi connectivity index (χ1v) is 5.28. The first-order valence-electron chi connectivity index (χ1n) is 5.28. The van der Waals surface area contributed by atoms with Gasteiger partial charge in [0.15, 0.2) is 0 Å². The maximum absolute atomic E-state index is 11.7. The second-order valence-electron chi connectivity index (χ2n) is 4.24. The zero-order chi connectivity index (χ0) is 10.7. The van der Waals surface area contributed by atoms with Crippen molar-refractivity contribution >= 4 is 6.03 Å². The highest BCUT2D eigenvalue weighted by Crippen LogP contribution is 2.18. The third-order valence-corrected chi connectivity index (χ3v) is 2.97. The molecule has 2 N–H and O–H groups in total. The summed E-state index contributed by atoms with van der Waals surface area (Å²) in [5.41, 5.74) is 5.98. The Morgan fingerprint density at radius 3 is 2.71 bits per heavy atom. The Bertz CT molecular complexity index is 206. The summed E-state index contributed by atoms with van der Waals surface area (Å²) in [6.07, 6.45) is 1.98. The molecule has 1 aliphatic heterocycles. The second kappa shape index (κ2) is 4.64. The Hall–Kier alpha value is -0.770. The van der Waals surface area contributed by atoms with Gasteiger partial charge in [-0.2, -0.15) is 0 Å². The lowest BCUT2D eigenvalue weighted by molar-refractivity contribution is 0.133. The van der Waals surface area contributed by atoms with Gasteiger partial charge in [0.1, 0.15) is 0 Å². The maximum Gasteiger partial charge on any atom is 0.319 e. The molecule has 4 heteroatoms. The molecule has 1 saturated heterocycles. The largest absolute Gasteiger partial charge is 0.331 e. The second-order valence-corrected chi connectivity index (χ2v) is 4.24. The molecule has 1 rings (SSSR count). The van der Waals surface area contributed by atoms with E-state index >= 15 is 0 Å². The number of piperidine rings is 1. The molecular weight excluding hydrogens is 178 g/mol. The standard InChI is InChI=1S/C10H21N3O/c1-4-8-7-13(6-5-9(8)11)10(14)12(2)3/h8-9H,4-7,11H2,1-3H3. The number of urea groups is 1. The summed E-state index contributed by atoms with van der Waals surface area (Å²) in [7, 11) is 3.58. The Morgan fingerprint density at radius 1 is 1.57 bits per heavy atom. The summed E-state index contributed by atoms with van der Waals surface area (Å²) >= 11 is 0. The Morgan fingerprint density at radius 2 is 2.21 bits per heavy atom. The van der Waals surface area contributed by atoms with Crippen LogP contribution in [0.25, 0.3) is 0 Å². The minimum Gasteiger partial charge on any atom is -0.331 e. The molecule has 0 saturated carbocycles. The zero-order valence-corrected chi connectivity index (χ0v) is 9.36. The molecule has 1 fully saturated rings. The van der Waals surface area contributed by atoms with Gasteiger partial charge in [-0.3, -0.25) is 0 Å². The van der Waals surface area contributed by atoms with Crippen LogP contribution in [0, 0.1) is 5.92 Å². The predicted molar refractivity (Wildman–Crippen MR) is 57.0 cm³/mol. The minimum atomic E-state index is 0.107. The number of hydrogen-bond acceptors (Lipinski definition) is 2. The van der Waals surface area contributed by atoms with Gasteiger partial charge >= 0.3 is 6.03 Å². The molecule has 2 amide bonds. The van der Waals surface area contributed by atoms with Crippen molar-refractivity contribution < 1.29 is 4.79 Å². The Kier molecular flexibility index (Phi) is 3.75. The molecule has 14 heavy (non-hydrogen) atoms. The van der Waals surface area contributed by atoms with Gasteiger partial charge in [-0.05, 0) is 12.3 Å². The van der Waals surface area contributed by atoms with E-state index in [2.05, 4.69) is 6.92 Å². The highest BCUT2D eigenvalue weighted by atomic mass is 16.2. The van der Waals surface area contributed by atoms with E-state index in [-0.39, 0.29) is 12.1 Å². The van der Waals surface area contributed by atoms with E-state index in [1.54, 1.807) is 19.0 Å². The van der Waals surface area contributed by atoms with Crippen LogP contribution < -0.4 is 5.73 Å². The average Bonchev–Trinajstić information content (AvgIpc) is 2.17. The highest BCUT2D eigenvalue weighted by molar-refractivity contribution is 5.73. The van der Waals surface area contributed by atoms with Gasteiger partial charge in [-0.25, -0.2) is 4.79 Å². The molecule has 0 aromatic rings. The molecule has 82 valence electrons. The summed E-state index contributed by atoms with van der Waals surface area (Å²) in [5, 5.41) is 0. The predicted octanol–water partition coefficient (Wildman–Crippen LogP) is 0.727. The van der Waals surface area contributed by atoms with Gasteiger partial charge in [0.05, 0.1) is 0 Å². The van der Waals surface area contributed by atoms with Crippen molar-refractivity contribution in [2.24, 2.45) is 11.7 Å². The van der Waals surface area contributed by atoms with Gasteiger partial charge in [0.25, 0.3) is 0 Å². The van der Waals surface area contributed by atoms with E-state index in [9.17, 15) is 4.79 Å². The fourth-order valence-electron chi connectivity index (χ4n) is 1.94. The van der Waals surface area contributed by atoms with Crippen molar-refractivity contribution in [2.45, 2.75) is 25.8 Å². The summed E-state index contributed by atoms with van der Waals surface area (Å²) in [5.74, 6) is 0.465. The average molecular weight is 199 g/mol. The van der Waals surface area contributed by atoms with E-state index in [1.807, 2.05) is 4.90 Å². The molecule has 0 aromatic heterocycles. The van der Waals surface area contributed by atoms with Gasteiger partial charge in [0, 0.05) is 33.2 Å². The van der Waals surface area contributed by atoms with Crippen LogP contribution in [0.4, 0.5) is 4.79 Å². The van der Waals surface area contributed by atoms with E-state index in [0.717, 1.165) is 25.9 Å². The normalized spacial score (nSPS) is 27.6. The third kappa shape index (κ3) is 2.38. The number of carbonyl (C=O) groups excluding carboxylic acids is 1.